The SMILES string of the molecule is NC(N)=NCCCB(NC(=O)[C@@H]1CCCN1C(=O)[C@@H](N)Cc1ccccc1)C(=O)O. The summed E-state index contributed by atoms with van der Waals surface area (Å²) in [6.45, 7) is -0.395. The molecule has 1 aliphatic rings. The zero-order valence-corrected chi connectivity index (χ0v) is 16.9. The van der Waals surface area contributed by atoms with Gasteiger partial charge in [0.05, 0.1) is 6.04 Å². The van der Waals surface area contributed by atoms with Crippen LogP contribution >= 0.6 is 0 Å². The van der Waals surface area contributed by atoms with Crippen LogP contribution in [0.2, 0.25) is 6.32 Å². The van der Waals surface area contributed by atoms with E-state index in [0.29, 0.717) is 32.2 Å². The zero-order chi connectivity index (χ0) is 22.1. The van der Waals surface area contributed by atoms with Gasteiger partial charge in [0.15, 0.2) is 5.96 Å². The fourth-order valence-corrected chi connectivity index (χ4v) is 3.50. The van der Waals surface area contributed by atoms with Crippen LogP contribution in [0.15, 0.2) is 35.3 Å². The molecule has 0 bridgehead atoms. The molecular weight excluding hydrogens is 387 g/mol. The van der Waals surface area contributed by atoms with Gasteiger partial charge in [-0.2, -0.15) is 0 Å². The standard InChI is InChI=1S/C19H29BN6O4/c21-14(12-13-6-2-1-3-7-13)17(28)26-11-4-8-15(26)16(27)25-20(18(29)30)9-5-10-24-19(22)23/h1-3,6-7,14-15H,4-5,8-12,21H2,(H,25,27)(H,29,30)(H4,22,23,24)/t14-,15-/m0/s1. The maximum Gasteiger partial charge on any atom is 0.387 e. The number of likely N-dealkylation sites (tertiary alicyclic amines) is 1. The normalized spacial score (nSPS) is 16.6. The molecule has 2 atom stereocenters. The lowest BCUT2D eigenvalue weighted by Crippen LogP contribution is -2.55. The second-order valence-corrected chi connectivity index (χ2v) is 7.33. The Balaban J connectivity index is 1.95. The van der Waals surface area contributed by atoms with Crippen LogP contribution < -0.4 is 22.4 Å². The summed E-state index contributed by atoms with van der Waals surface area (Å²) in [5, 5.41) is 11.9. The van der Waals surface area contributed by atoms with Crippen molar-refractivity contribution in [1.29, 1.82) is 0 Å². The molecule has 1 aromatic rings. The smallest absolute Gasteiger partial charge is 0.387 e. The minimum absolute atomic E-state index is 0.0714. The Kier molecular flexibility index (Phi) is 8.66. The van der Waals surface area contributed by atoms with Gasteiger partial charge in [-0.3, -0.25) is 19.4 Å². The summed E-state index contributed by atoms with van der Waals surface area (Å²) in [6.07, 6.45) is 2.06. The molecular formula is C19H29BN6O4. The number of hydrogen-bond acceptors (Lipinski definition) is 5. The number of carbonyl (C=O) groups excluding carboxylic acids is 2. The molecule has 1 aliphatic heterocycles. The van der Waals surface area contributed by atoms with Crippen LogP contribution in [-0.4, -0.2) is 65.7 Å². The molecule has 0 spiro atoms. The Morgan fingerprint density at radius 3 is 2.60 bits per heavy atom. The average Bonchev–Trinajstić information content (AvgIpc) is 3.19. The molecule has 162 valence electrons. The molecule has 0 aromatic heterocycles. The molecule has 0 radical (unpaired) electrons. The van der Waals surface area contributed by atoms with E-state index in [9.17, 15) is 19.5 Å². The van der Waals surface area contributed by atoms with Crippen molar-refractivity contribution < 1.29 is 19.5 Å². The molecule has 1 saturated heterocycles. The van der Waals surface area contributed by atoms with Crippen LogP contribution in [-0.2, 0) is 16.0 Å². The highest BCUT2D eigenvalue weighted by atomic mass is 16.4. The fourth-order valence-electron chi connectivity index (χ4n) is 3.50. The van der Waals surface area contributed by atoms with Crippen LogP contribution in [0.25, 0.3) is 0 Å². The molecule has 0 unspecified atom stereocenters. The number of aliphatic imine (C=N–C) groups is 1. The quantitative estimate of drug-likeness (QED) is 0.149. The summed E-state index contributed by atoms with van der Waals surface area (Å²) in [5.74, 6) is -2.01. The maximum absolute atomic E-state index is 12.8. The summed E-state index contributed by atoms with van der Waals surface area (Å²) < 4.78 is 0. The van der Waals surface area contributed by atoms with Crippen LogP contribution in [0.1, 0.15) is 24.8 Å². The molecule has 11 heteroatoms. The van der Waals surface area contributed by atoms with E-state index in [1.807, 2.05) is 30.3 Å². The number of guanidine groups is 1. The number of rotatable bonds is 10. The highest BCUT2D eigenvalue weighted by Gasteiger charge is 2.38. The lowest BCUT2D eigenvalue weighted by Gasteiger charge is -2.27. The van der Waals surface area contributed by atoms with Crippen molar-refractivity contribution in [3.8, 4) is 0 Å². The van der Waals surface area contributed by atoms with Gasteiger partial charge in [-0.25, -0.2) is 0 Å². The second kappa shape index (κ2) is 11.2. The lowest BCUT2D eigenvalue weighted by atomic mass is 9.58. The molecule has 0 saturated carbocycles. The molecule has 1 heterocycles. The molecule has 1 fully saturated rings. The number of nitrogens with one attached hydrogen (secondary N) is 1. The van der Waals surface area contributed by atoms with Crippen LogP contribution in [0.5, 0.6) is 0 Å². The van der Waals surface area contributed by atoms with Gasteiger partial charge >= 0.3 is 6.85 Å². The van der Waals surface area contributed by atoms with Gasteiger partial charge in [0, 0.05) is 13.1 Å². The van der Waals surface area contributed by atoms with E-state index in [-0.39, 0.29) is 24.7 Å². The molecule has 30 heavy (non-hydrogen) atoms. The number of nitrogens with zero attached hydrogens (tertiary/aromatic N) is 2. The third-order valence-corrected chi connectivity index (χ3v) is 5.01. The van der Waals surface area contributed by atoms with Crippen molar-refractivity contribution >= 4 is 30.5 Å². The van der Waals surface area contributed by atoms with Gasteiger partial charge in [-0.05, 0) is 37.6 Å². The molecule has 2 rings (SSSR count). The van der Waals surface area contributed by atoms with Crippen molar-refractivity contribution in [3.63, 3.8) is 0 Å². The van der Waals surface area contributed by atoms with E-state index in [0.717, 1.165) is 5.56 Å². The Morgan fingerprint density at radius 1 is 1.27 bits per heavy atom. The van der Waals surface area contributed by atoms with Gasteiger partial charge in [-0.15, -0.1) is 0 Å². The average molecular weight is 416 g/mol. The molecule has 8 N–H and O–H groups in total. The van der Waals surface area contributed by atoms with Gasteiger partial charge in [0.25, 0.3) is 5.87 Å². The van der Waals surface area contributed by atoms with Crippen LogP contribution in [0, 0.1) is 0 Å². The first-order valence-corrected chi connectivity index (χ1v) is 9.98. The minimum atomic E-state index is -1.15. The molecule has 2 amide bonds. The number of amides is 2. The van der Waals surface area contributed by atoms with Gasteiger partial charge in [0.1, 0.15) is 6.04 Å². The number of nitrogens with two attached hydrogens (primary N) is 3. The number of hydrogen-bond donors (Lipinski definition) is 5. The summed E-state index contributed by atoms with van der Waals surface area (Å²) >= 11 is 0. The van der Waals surface area contributed by atoms with Gasteiger partial charge in [-0.1, -0.05) is 30.3 Å². The van der Waals surface area contributed by atoms with Crippen molar-refractivity contribution in [2.75, 3.05) is 13.1 Å². The van der Waals surface area contributed by atoms with Crippen molar-refractivity contribution in [2.45, 2.75) is 44.1 Å². The van der Waals surface area contributed by atoms with Crippen molar-refractivity contribution in [2.24, 2.45) is 22.2 Å². The van der Waals surface area contributed by atoms with E-state index in [2.05, 4.69) is 10.2 Å². The Morgan fingerprint density at radius 2 is 1.97 bits per heavy atom. The first-order valence-electron chi connectivity index (χ1n) is 9.98. The summed E-state index contributed by atoms with van der Waals surface area (Å²) in [5.41, 5.74) is 17.5. The Labute approximate surface area is 176 Å². The highest BCUT2D eigenvalue weighted by Crippen LogP contribution is 2.19. The summed E-state index contributed by atoms with van der Waals surface area (Å²) in [7, 11) is 0. The number of carboxylic acid groups (broad SMARTS) is 1. The van der Waals surface area contributed by atoms with Crippen LogP contribution in [0.3, 0.4) is 0 Å². The first-order chi connectivity index (χ1) is 14.3. The fraction of sp³-hybridized carbons (Fsp3) is 0.474. The Bertz CT molecular complexity index is 772. The van der Waals surface area contributed by atoms with E-state index in [4.69, 9.17) is 17.2 Å². The molecule has 0 aliphatic carbocycles. The largest absolute Gasteiger partial charge is 0.487 e. The Hall–Kier alpha value is -3.08. The van der Waals surface area contributed by atoms with Gasteiger partial charge < -0.3 is 32.4 Å². The maximum atomic E-state index is 12.8. The number of carbonyl (C=O) groups is 3. The van der Waals surface area contributed by atoms with E-state index < -0.39 is 30.7 Å². The van der Waals surface area contributed by atoms with Crippen LogP contribution in [0.4, 0.5) is 4.79 Å². The monoisotopic (exact) mass is 416 g/mol. The van der Waals surface area contributed by atoms with E-state index >= 15 is 0 Å². The summed E-state index contributed by atoms with van der Waals surface area (Å²) in [4.78, 5) is 42.3. The van der Waals surface area contributed by atoms with E-state index in [1.54, 1.807) is 0 Å². The third-order valence-electron chi connectivity index (χ3n) is 5.01. The van der Waals surface area contributed by atoms with E-state index in [1.165, 1.54) is 4.90 Å². The molecule has 1 aromatic carbocycles. The predicted molar refractivity (Wildman–Crippen MR) is 115 cm³/mol. The topological polar surface area (TPSA) is 177 Å². The lowest BCUT2D eigenvalue weighted by molar-refractivity contribution is -0.138. The zero-order valence-electron chi connectivity index (χ0n) is 16.9. The highest BCUT2D eigenvalue weighted by molar-refractivity contribution is 6.87. The number of benzene rings is 1. The summed E-state index contributed by atoms with van der Waals surface area (Å²) in [6, 6.07) is 7.92. The predicted octanol–water partition coefficient (Wildman–Crippen LogP) is -0.422. The third kappa shape index (κ3) is 6.76. The second-order valence-electron chi connectivity index (χ2n) is 7.33. The van der Waals surface area contributed by atoms with Gasteiger partial charge in [0.2, 0.25) is 11.8 Å². The van der Waals surface area contributed by atoms with Crippen molar-refractivity contribution in [3.05, 3.63) is 35.9 Å². The van der Waals surface area contributed by atoms with Crippen molar-refractivity contribution in [1.82, 2.24) is 10.1 Å². The minimum Gasteiger partial charge on any atom is -0.487 e. The first kappa shape index (κ1) is 23.2. The molecule has 10 nitrogen and oxygen atoms in total.